The van der Waals surface area contributed by atoms with Crippen molar-refractivity contribution in [3.8, 4) is 0 Å². The average Bonchev–Trinajstić information content (AvgIpc) is 2.89. The highest BCUT2D eigenvalue weighted by Gasteiger charge is 2.60. The fourth-order valence-corrected chi connectivity index (χ4v) is 9.76. The van der Waals surface area contributed by atoms with E-state index in [1.54, 1.807) is 41.5 Å². The number of hydrogen-bond donors (Lipinski definition) is 1. The minimum absolute atomic E-state index is 0.158. The molecule has 0 aromatic heterocycles. The van der Waals surface area contributed by atoms with Gasteiger partial charge in [0.2, 0.25) is 0 Å². The average molecular weight is 590 g/mol. The number of carbonyl (C=O) groups excluding carboxylic acids is 3. The maximum atomic E-state index is 14.4. The van der Waals surface area contributed by atoms with E-state index in [-0.39, 0.29) is 5.31 Å². The molecule has 0 amide bonds. The maximum absolute atomic E-state index is 14.4. The maximum Gasteiger partial charge on any atom is 0.319 e. The second-order valence-corrected chi connectivity index (χ2v) is 15.7. The van der Waals surface area contributed by atoms with Gasteiger partial charge in [-0.25, -0.2) is 0 Å². The molecule has 0 saturated heterocycles. The predicted molar refractivity (Wildman–Crippen MR) is 170 cm³/mol. The zero-order valence-corrected chi connectivity index (χ0v) is 26.6. The first-order chi connectivity index (χ1) is 19.6. The van der Waals surface area contributed by atoms with Crippen LogP contribution in [0.5, 0.6) is 0 Å². The molecule has 0 bridgehead atoms. The Kier molecular flexibility index (Phi) is 10.2. The Hall–Kier alpha value is -3.76. The molecule has 1 unspecified atom stereocenters. The van der Waals surface area contributed by atoms with Gasteiger partial charge in [-0.1, -0.05) is 54.6 Å². The summed E-state index contributed by atoms with van der Waals surface area (Å²) in [6, 6.07) is 28.7. The van der Waals surface area contributed by atoms with Crippen LogP contribution in [0.3, 0.4) is 0 Å². The summed E-state index contributed by atoms with van der Waals surface area (Å²) in [5.41, 5.74) is -1.82. The smallest absolute Gasteiger partial charge is 0.319 e. The van der Waals surface area contributed by atoms with Gasteiger partial charge in [0.1, 0.15) is 51.9 Å². The Morgan fingerprint density at radius 2 is 0.929 bits per heavy atom. The molecule has 3 rings (SSSR count). The molecule has 42 heavy (non-hydrogen) atoms. The van der Waals surface area contributed by atoms with Gasteiger partial charge in [-0.3, -0.25) is 14.4 Å². The van der Waals surface area contributed by atoms with Crippen LogP contribution in [0.2, 0.25) is 0 Å². The van der Waals surface area contributed by atoms with E-state index >= 15 is 0 Å². The van der Waals surface area contributed by atoms with E-state index in [2.05, 4.69) is 0 Å². The van der Waals surface area contributed by atoms with E-state index < -0.39 is 53.8 Å². The predicted octanol–water partition coefficient (Wildman–Crippen LogP) is 6.27. The number of aliphatic hydroxyl groups excluding tert-OH is 1. The highest BCUT2D eigenvalue weighted by Crippen LogP contribution is 2.66. The number of benzene rings is 3. The molecule has 222 valence electrons. The van der Waals surface area contributed by atoms with Gasteiger partial charge in [0.25, 0.3) is 0 Å². The van der Waals surface area contributed by atoms with E-state index in [1.807, 2.05) is 91.0 Å². The van der Waals surface area contributed by atoms with Crippen molar-refractivity contribution in [1.29, 1.82) is 0 Å². The van der Waals surface area contributed by atoms with Gasteiger partial charge in [-0.2, -0.15) is 0 Å². The largest absolute Gasteiger partial charge is 0.478 e. The first kappa shape index (κ1) is 32.8. The quantitative estimate of drug-likeness (QED) is 0.130. The van der Waals surface area contributed by atoms with Crippen LogP contribution in [-0.2, 0) is 23.9 Å². The SMILES string of the molecule is CC(=O)C(C(C)=O)C(C(=O)OC(C)(C)C)/C(=C(/O)OC(C)(C)C)[P+](c1ccccc1)(c1ccccc1)c1ccccc1. The van der Waals surface area contributed by atoms with Gasteiger partial charge >= 0.3 is 11.9 Å². The summed E-state index contributed by atoms with van der Waals surface area (Å²) in [5, 5.41) is 14.7. The molecule has 7 heteroatoms. The molecule has 0 aliphatic rings. The molecule has 3 aromatic carbocycles. The van der Waals surface area contributed by atoms with Crippen LogP contribution in [0.25, 0.3) is 0 Å². The molecule has 0 spiro atoms. The third-order valence-corrected chi connectivity index (χ3v) is 11.0. The summed E-state index contributed by atoms with van der Waals surface area (Å²) in [6.45, 7) is 13.1. The number of esters is 1. The minimum Gasteiger partial charge on any atom is -0.478 e. The topological polar surface area (TPSA) is 89.9 Å². The number of Topliss-reactive ketones (excluding diaryl/α,β-unsaturated/α-hetero) is 2. The third kappa shape index (κ3) is 7.35. The van der Waals surface area contributed by atoms with Crippen molar-refractivity contribution in [1.82, 2.24) is 0 Å². The molecular weight excluding hydrogens is 547 g/mol. The highest BCUT2D eigenvalue weighted by atomic mass is 31.2. The van der Waals surface area contributed by atoms with Crippen LogP contribution in [0.4, 0.5) is 0 Å². The Morgan fingerprint density at radius 3 is 1.21 bits per heavy atom. The number of carbonyl (C=O) groups is 3. The molecule has 1 atom stereocenters. The first-order valence-electron chi connectivity index (χ1n) is 14.0. The summed E-state index contributed by atoms with van der Waals surface area (Å²) in [7, 11) is -3.22. The van der Waals surface area contributed by atoms with E-state index in [9.17, 15) is 19.5 Å². The molecule has 0 aliphatic carbocycles. The van der Waals surface area contributed by atoms with Crippen LogP contribution >= 0.6 is 7.26 Å². The van der Waals surface area contributed by atoms with Gasteiger partial charge < -0.3 is 14.6 Å². The molecular formula is C35H42O6P+. The number of aliphatic hydroxyl groups is 1. The zero-order chi connectivity index (χ0) is 31.3. The summed E-state index contributed by atoms with van der Waals surface area (Å²) in [4.78, 5) is 40.9. The molecule has 0 aliphatic heterocycles. The Bertz CT molecular complexity index is 1310. The standard InChI is InChI=1S/C35H41O6P/c1-24(36)29(25(2)37)30(32(38)40-34(3,4)5)31(33(39)41-35(6,7)8)42(26-18-12-9-13-19-26,27-20-14-10-15-21-27)28-22-16-11-17-23-28/h9-23,29-30H,1-8H3/p+1/b33-31+. The number of ether oxygens (including phenoxy) is 2. The van der Waals surface area contributed by atoms with Crippen LogP contribution in [-0.4, -0.2) is 33.8 Å². The zero-order valence-electron chi connectivity index (χ0n) is 25.8. The Balaban J connectivity index is 2.68. The van der Waals surface area contributed by atoms with E-state index in [1.165, 1.54) is 13.8 Å². The summed E-state index contributed by atoms with van der Waals surface area (Å²) >= 11 is 0. The molecule has 0 radical (unpaired) electrons. The van der Waals surface area contributed by atoms with E-state index in [0.29, 0.717) is 0 Å². The summed E-state index contributed by atoms with van der Waals surface area (Å²) in [5.74, 6) is -5.20. The molecule has 0 fully saturated rings. The van der Waals surface area contributed by atoms with Crippen LogP contribution < -0.4 is 15.9 Å². The first-order valence-corrected chi connectivity index (χ1v) is 15.8. The lowest BCUT2D eigenvalue weighted by molar-refractivity contribution is -0.163. The minimum atomic E-state index is -3.22. The van der Waals surface area contributed by atoms with Crippen molar-refractivity contribution in [3.05, 3.63) is 102 Å². The monoisotopic (exact) mass is 589 g/mol. The lowest BCUT2D eigenvalue weighted by Crippen LogP contribution is -2.44. The van der Waals surface area contributed by atoms with Crippen molar-refractivity contribution in [2.75, 3.05) is 0 Å². The highest BCUT2D eigenvalue weighted by molar-refractivity contribution is 7.99. The van der Waals surface area contributed by atoms with Gasteiger partial charge in [0.15, 0.2) is 5.31 Å². The number of hydrogen-bond acceptors (Lipinski definition) is 6. The normalized spacial score (nSPS) is 13.6. The summed E-state index contributed by atoms with van der Waals surface area (Å²) in [6.07, 6.45) is 0. The van der Waals surface area contributed by atoms with E-state index in [4.69, 9.17) is 9.47 Å². The van der Waals surface area contributed by atoms with Crippen LogP contribution in [0.15, 0.2) is 102 Å². The van der Waals surface area contributed by atoms with Crippen molar-refractivity contribution >= 4 is 40.7 Å². The van der Waals surface area contributed by atoms with Crippen LogP contribution in [0, 0.1) is 11.8 Å². The molecule has 3 aromatic rings. The Labute approximate surface area is 250 Å². The van der Waals surface area contributed by atoms with Gasteiger partial charge in [0.05, 0.1) is 5.92 Å². The van der Waals surface area contributed by atoms with Crippen LogP contribution in [0.1, 0.15) is 55.4 Å². The lowest BCUT2D eigenvalue weighted by Gasteiger charge is -2.36. The second kappa shape index (κ2) is 13.0. The molecule has 1 N–H and O–H groups in total. The summed E-state index contributed by atoms with van der Waals surface area (Å²) < 4.78 is 12.1. The van der Waals surface area contributed by atoms with Crippen molar-refractivity contribution in [2.45, 2.75) is 66.6 Å². The van der Waals surface area contributed by atoms with Gasteiger partial charge in [-0.15, -0.1) is 0 Å². The fraction of sp³-hybridized carbons (Fsp3) is 0.343. The van der Waals surface area contributed by atoms with Crippen molar-refractivity contribution in [3.63, 3.8) is 0 Å². The Morgan fingerprint density at radius 1 is 0.595 bits per heavy atom. The molecule has 0 heterocycles. The van der Waals surface area contributed by atoms with E-state index in [0.717, 1.165) is 15.9 Å². The third-order valence-electron chi connectivity index (χ3n) is 6.58. The van der Waals surface area contributed by atoms with Crippen molar-refractivity contribution in [2.24, 2.45) is 11.8 Å². The second-order valence-electron chi connectivity index (χ2n) is 12.3. The lowest BCUT2D eigenvalue weighted by atomic mass is 9.85. The van der Waals surface area contributed by atoms with Crippen molar-refractivity contribution < 1.29 is 29.0 Å². The van der Waals surface area contributed by atoms with Gasteiger partial charge in [-0.05, 0) is 91.8 Å². The number of ketones is 2. The molecule has 6 nitrogen and oxygen atoms in total. The molecule has 0 saturated carbocycles. The fourth-order valence-electron chi connectivity index (χ4n) is 5.17. The van der Waals surface area contributed by atoms with Gasteiger partial charge in [0, 0.05) is 0 Å². The number of rotatable bonds is 10.